The number of aromatic nitrogens is 2. The predicted molar refractivity (Wildman–Crippen MR) is 115 cm³/mol. The number of nitrogens with zero attached hydrogens (tertiary/aromatic N) is 2. The van der Waals surface area contributed by atoms with E-state index in [1.54, 1.807) is 24.4 Å². The van der Waals surface area contributed by atoms with Crippen molar-refractivity contribution in [2.24, 2.45) is 5.92 Å². The number of nitrogens with one attached hydrogen (secondary N) is 3. The SMILES string of the molecule is O=C1CCC(N2C(=O)c3cccc(NC(c4cn[nH]c4)C4CCCCC4)c3C2=O)C(=O)N1. The zero-order valence-corrected chi connectivity index (χ0v) is 17.6. The van der Waals surface area contributed by atoms with Crippen LogP contribution in [0.25, 0.3) is 0 Å². The molecule has 9 heteroatoms. The zero-order valence-electron chi connectivity index (χ0n) is 17.6. The minimum atomic E-state index is -0.976. The first-order chi connectivity index (χ1) is 15.5. The first kappa shape index (κ1) is 20.4. The molecule has 32 heavy (non-hydrogen) atoms. The second kappa shape index (κ2) is 8.22. The van der Waals surface area contributed by atoms with Crippen LogP contribution in [-0.2, 0) is 9.59 Å². The third-order valence-electron chi connectivity index (χ3n) is 6.78. The third-order valence-corrected chi connectivity index (χ3v) is 6.78. The molecule has 3 N–H and O–H groups in total. The van der Waals surface area contributed by atoms with E-state index in [9.17, 15) is 19.2 Å². The van der Waals surface area contributed by atoms with Gasteiger partial charge in [0, 0.05) is 23.9 Å². The minimum Gasteiger partial charge on any atom is -0.377 e. The molecule has 3 aliphatic rings. The summed E-state index contributed by atoms with van der Waals surface area (Å²) in [5.41, 5.74) is 2.14. The number of rotatable bonds is 5. The van der Waals surface area contributed by atoms with E-state index in [2.05, 4.69) is 20.8 Å². The van der Waals surface area contributed by atoms with Gasteiger partial charge in [0.1, 0.15) is 6.04 Å². The van der Waals surface area contributed by atoms with Crippen LogP contribution in [0.4, 0.5) is 5.69 Å². The summed E-state index contributed by atoms with van der Waals surface area (Å²) in [7, 11) is 0. The summed E-state index contributed by atoms with van der Waals surface area (Å²) in [5.74, 6) is -1.61. The van der Waals surface area contributed by atoms with Gasteiger partial charge in [-0.25, -0.2) is 0 Å². The van der Waals surface area contributed by atoms with Gasteiger partial charge in [0.25, 0.3) is 11.8 Å². The molecule has 0 bridgehead atoms. The number of carbonyl (C=O) groups is 4. The van der Waals surface area contributed by atoms with Crippen molar-refractivity contribution in [3.8, 4) is 0 Å². The van der Waals surface area contributed by atoms with Gasteiger partial charge in [0.2, 0.25) is 11.8 Å². The molecule has 2 atom stereocenters. The topological polar surface area (TPSA) is 124 Å². The summed E-state index contributed by atoms with van der Waals surface area (Å²) in [4.78, 5) is 51.4. The van der Waals surface area contributed by atoms with Crippen LogP contribution in [0.3, 0.4) is 0 Å². The fourth-order valence-electron chi connectivity index (χ4n) is 5.17. The fourth-order valence-corrected chi connectivity index (χ4v) is 5.17. The number of imide groups is 2. The molecule has 166 valence electrons. The summed E-state index contributed by atoms with van der Waals surface area (Å²) >= 11 is 0. The van der Waals surface area contributed by atoms with Crippen molar-refractivity contribution < 1.29 is 19.2 Å². The molecule has 2 aliphatic heterocycles. The second-order valence-electron chi connectivity index (χ2n) is 8.73. The number of fused-ring (bicyclic) bond motifs is 1. The molecule has 3 heterocycles. The number of anilines is 1. The summed E-state index contributed by atoms with van der Waals surface area (Å²) < 4.78 is 0. The fraction of sp³-hybridized carbons (Fsp3) is 0.435. The highest BCUT2D eigenvalue weighted by Crippen LogP contribution is 2.39. The highest BCUT2D eigenvalue weighted by Gasteiger charge is 2.46. The molecule has 5 rings (SSSR count). The summed E-state index contributed by atoms with van der Waals surface area (Å²) in [6, 6.07) is 4.13. The monoisotopic (exact) mass is 435 g/mol. The van der Waals surface area contributed by atoms with Gasteiger partial charge in [-0.3, -0.25) is 34.5 Å². The Balaban J connectivity index is 1.47. The quantitative estimate of drug-likeness (QED) is 0.620. The van der Waals surface area contributed by atoms with Crippen LogP contribution >= 0.6 is 0 Å². The van der Waals surface area contributed by atoms with E-state index in [0.717, 1.165) is 36.1 Å². The maximum atomic E-state index is 13.4. The van der Waals surface area contributed by atoms with Crippen molar-refractivity contribution in [1.29, 1.82) is 0 Å². The Kier molecular flexibility index (Phi) is 5.24. The van der Waals surface area contributed by atoms with Crippen LogP contribution in [0.2, 0.25) is 0 Å². The minimum absolute atomic E-state index is 0.0481. The maximum absolute atomic E-state index is 13.4. The molecule has 1 saturated carbocycles. The molecule has 2 aromatic rings. The molecule has 4 amide bonds. The molecule has 1 aromatic heterocycles. The van der Waals surface area contributed by atoms with Crippen LogP contribution in [-0.4, -0.2) is 44.8 Å². The van der Waals surface area contributed by atoms with Gasteiger partial charge in [-0.15, -0.1) is 0 Å². The number of aromatic amines is 1. The highest BCUT2D eigenvalue weighted by atomic mass is 16.2. The molecular weight excluding hydrogens is 410 g/mol. The third kappa shape index (κ3) is 3.47. The van der Waals surface area contributed by atoms with Crippen molar-refractivity contribution in [3.63, 3.8) is 0 Å². The molecule has 1 saturated heterocycles. The first-order valence-electron chi connectivity index (χ1n) is 11.1. The van der Waals surface area contributed by atoms with Gasteiger partial charge < -0.3 is 5.32 Å². The Labute approximate surface area is 184 Å². The first-order valence-corrected chi connectivity index (χ1v) is 11.1. The van der Waals surface area contributed by atoms with Gasteiger partial charge in [0.15, 0.2) is 0 Å². The van der Waals surface area contributed by atoms with Gasteiger partial charge in [0.05, 0.1) is 23.4 Å². The van der Waals surface area contributed by atoms with Gasteiger partial charge >= 0.3 is 0 Å². The number of hydrogen-bond donors (Lipinski definition) is 3. The summed E-state index contributed by atoms with van der Waals surface area (Å²) in [6.45, 7) is 0. The van der Waals surface area contributed by atoms with Crippen LogP contribution in [0.1, 0.15) is 77.3 Å². The van der Waals surface area contributed by atoms with Crippen LogP contribution < -0.4 is 10.6 Å². The van der Waals surface area contributed by atoms with E-state index in [0.29, 0.717) is 11.6 Å². The molecule has 2 unspecified atom stereocenters. The van der Waals surface area contributed by atoms with Crippen molar-refractivity contribution in [1.82, 2.24) is 20.4 Å². The Hall–Kier alpha value is -3.49. The molecule has 0 radical (unpaired) electrons. The second-order valence-corrected chi connectivity index (χ2v) is 8.73. The number of piperidine rings is 1. The van der Waals surface area contributed by atoms with Crippen LogP contribution in [0.5, 0.6) is 0 Å². The number of H-pyrrole nitrogens is 1. The number of amides is 4. The average Bonchev–Trinajstić information content (AvgIpc) is 3.41. The van der Waals surface area contributed by atoms with E-state index in [1.165, 1.54) is 6.42 Å². The van der Waals surface area contributed by atoms with Crippen molar-refractivity contribution >= 4 is 29.3 Å². The van der Waals surface area contributed by atoms with Crippen LogP contribution in [0.15, 0.2) is 30.6 Å². The van der Waals surface area contributed by atoms with Crippen molar-refractivity contribution in [3.05, 3.63) is 47.3 Å². The maximum Gasteiger partial charge on any atom is 0.264 e. The normalized spacial score (nSPS) is 22.6. The Bertz CT molecular complexity index is 1070. The molecule has 1 aromatic carbocycles. The molecule has 9 nitrogen and oxygen atoms in total. The standard InChI is InChI=1S/C23H25N5O4/c29-18-10-9-17(21(30)27-18)28-22(31)15-7-4-8-16(19(15)23(28)32)26-20(14-11-24-25-12-14)13-5-2-1-3-6-13/h4,7-8,11-13,17,20,26H,1-3,5-6,9-10H2,(H,24,25)(H,27,29,30). The number of hydrogen-bond acceptors (Lipinski definition) is 6. The van der Waals surface area contributed by atoms with E-state index in [1.807, 2.05) is 6.20 Å². The van der Waals surface area contributed by atoms with Crippen molar-refractivity contribution in [2.45, 2.75) is 57.0 Å². The Morgan fingerprint density at radius 2 is 1.84 bits per heavy atom. The van der Waals surface area contributed by atoms with Gasteiger partial charge in [-0.1, -0.05) is 25.3 Å². The van der Waals surface area contributed by atoms with E-state index < -0.39 is 23.8 Å². The molecule has 1 aliphatic carbocycles. The summed E-state index contributed by atoms with van der Waals surface area (Å²) in [5, 5.41) is 12.7. The van der Waals surface area contributed by atoms with E-state index in [4.69, 9.17) is 0 Å². The van der Waals surface area contributed by atoms with Gasteiger partial charge in [-0.2, -0.15) is 5.10 Å². The van der Waals surface area contributed by atoms with Crippen molar-refractivity contribution in [2.75, 3.05) is 5.32 Å². The molecule has 2 fully saturated rings. The largest absolute Gasteiger partial charge is 0.377 e. The van der Waals surface area contributed by atoms with Gasteiger partial charge in [-0.05, 0) is 37.3 Å². The van der Waals surface area contributed by atoms with E-state index >= 15 is 0 Å². The number of carbonyl (C=O) groups excluding carboxylic acids is 4. The zero-order chi connectivity index (χ0) is 22.2. The lowest BCUT2D eigenvalue weighted by atomic mass is 9.81. The smallest absolute Gasteiger partial charge is 0.264 e. The Morgan fingerprint density at radius 1 is 1.03 bits per heavy atom. The summed E-state index contributed by atoms with van der Waals surface area (Å²) in [6.07, 6.45) is 9.58. The Morgan fingerprint density at radius 3 is 2.56 bits per heavy atom. The molecule has 0 spiro atoms. The lowest BCUT2D eigenvalue weighted by Gasteiger charge is -2.31. The lowest BCUT2D eigenvalue weighted by molar-refractivity contribution is -0.136. The highest BCUT2D eigenvalue weighted by molar-refractivity contribution is 6.25. The predicted octanol–water partition coefficient (Wildman–Crippen LogP) is 2.54. The molecular formula is C23H25N5O4. The van der Waals surface area contributed by atoms with Crippen LogP contribution in [0, 0.1) is 5.92 Å². The van der Waals surface area contributed by atoms with E-state index in [-0.39, 0.29) is 35.9 Å². The average molecular weight is 435 g/mol. The number of benzene rings is 1. The lowest BCUT2D eigenvalue weighted by Crippen LogP contribution is -2.54.